The van der Waals surface area contributed by atoms with Gasteiger partial charge in [-0.05, 0) is 66.9 Å². The Bertz CT molecular complexity index is 1250. The molecule has 174 valence electrons. The third-order valence-corrected chi connectivity index (χ3v) is 8.18. The SMILES string of the molecule is Cc1cccc(NS(=O)(=O)c2cc(C(=O)NCCSCc3ccc(Cl)cc3)ccc2Cl)c1C. The molecule has 0 aliphatic rings. The highest BCUT2D eigenvalue weighted by atomic mass is 35.5. The van der Waals surface area contributed by atoms with E-state index in [1.807, 2.05) is 44.2 Å². The molecule has 0 atom stereocenters. The lowest BCUT2D eigenvalue weighted by Gasteiger charge is -2.14. The molecule has 0 heterocycles. The van der Waals surface area contributed by atoms with Crippen molar-refractivity contribution in [1.82, 2.24) is 5.32 Å². The maximum Gasteiger partial charge on any atom is 0.263 e. The summed E-state index contributed by atoms with van der Waals surface area (Å²) in [7, 11) is -3.98. The van der Waals surface area contributed by atoms with Crippen molar-refractivity contribution in [3.05, 3.63) is 93.0 Å². The Kier molecular flexibility index (Phi) is 8.70. The van der Waals surface area contributed by atoms with Gasteiger partial charge in [-0.3, -0.25) is 9.52 Å². The number of sulfonamides is 1. The molecular formula is C24H24Cl2N2O3S2. The summed E-state index contributed by atoms with van der Waals surface area (Å²) in [5.74, 6) is 1.16. The van der Waals surface area contributed by atoms with Gasteiger partial charge in [-0.1, -0.05) is 47.5 Å². The van der Waals surface area contributed by atoms with E-state index in [1.165, 1.54) is 18.2 Å². The molecule has 0 bridgehead atoms. The summed E-state index contributed by atoms with van der Waals surface area (Å²) in [5.41, 5.74) is 3.63. The molecule has 9 heteroatoms. The Morgan fingerprint density at radius 1 is 1.00 bits per heavy atom. The van der Waals surface area contributed by atoms with Crippen LogP contribution in [0.4, 0.5) is 5.69 Å². The summed E-state index contributed by atoms with van der Waals surface area (Å²) >= 11 is 13.7. The Hall–Kier alpha value is -2.19. The molecule has 0 saturated carbocycles. The average Bonchev–Trinajstić information content (AvgIpc) is 2.78. The first-order chi connectivity index (χ1) is 15.7. The van der Waals surface area contributed by atoms with Gasteiger partial charge in [0.1, 0.15) is 4.90 Å². The predicted molar refractivity (Wildman–Crippen MR) is 138 cm³/mol. The van der Waals surface area contributed by atoms with Crippen molar-refractivity contribution in [3.8, 4) is 0 Å². The standard InChI is InChI=1S/C24H24Cl2N2O3S2/c1-16-4-3-5-22(17(16)2)28-33(30,31)23-14-19(8-11-21(23)26)24(29)27-12-13-32-15-18-6-9-20(25)10-7-18/h3-11,14,28H,12-13,15H2,1-2H3,(H,27,29). The van der Waals surface area contributed by atoms with E-state index >= 15 is 0 Å². The number of carbonyl (C=O) groups is 1. The predicted octanol–water partition coefficient (Wildman–Crippen LogP) is 6.07. The molecule has 0 fully saturated rings. The third kappa shape index (κ3) is 6.90. The fourth-order valence-electron chi connectivity index (χ4n) is 3.02. The van der Waals surface area contributed by atoms with Crippen LogP contribution in [0.15, 0.2) is 65.6 Å². The molecule has 3 rings (SSSR count). The van der Waals surface area contributed by atoms with E-state index in [0.717, 1.165) is 22.4 Å². The normalized spacial score (nSPS) is 11.3. The van der Waals surface area contributed by atoms with Crippen LogP contribution < -0.4 is 10.0 Å². The highest BCUT2D eigenvalue weighted by molar-refractivity contribution is 7.98. The van der Waals surface area contributed by atoms with Crippen molar-refractivity contribution in [1.29, 1.82) is 0 Å². The molecule has 2 N–H and O–H groups in total. The van der Waals surface area contributed by atoms with Crippen molar-refractivity contribution >= 4 is 56.6 Å². The lowest BCUT2D eigenvalue weighted by atomic mass is 10.1. The summed E-state index contributed by atoms with van der Waals surface area (Å²) in [4.78, 5) is 12.4. The lowest BCUT2D eigenvalue weighted by molar-refractivity contribution is 0.0956. The number of aryl methyl sites for hydroxylation is 1. The topological polar surface area (TPSA) is 75.3 Å². The van der Waals surface area contributed by atoms with Gasteiger partial charge in [-0.25, -0.2) is 8.42 Å². The number of hydrogen-bond acceptors (Lipinski definition) is 4. The number of hydrogen-bond donors (Lipinski definition) is 2. The largest absolute Gasteiger partial charge is 0.351 e. The Morgan fingerprint density at radius 2 is 1.73 bits per heavy atom. The minimum atomic E-state index is -3.98. The molecule has 0 aliphatic heterocycles. The van der Waals surface area contributed by atoms with Gasteiger partial charge in [0, 0.05) is 28.6 Å². The van der Waals surface area contributed by atoms with Gasteiger partial charge in [0.05, 0.1) is 10.7 Å². The molecule has 0 saturated heterocycles. The summed E-state index contributed by atoms with van der Waals surface area (Å²) in [5, 5.41) is 3.56. The summed E-state index contributed by atoms with van der Waals surface area (Å²) in [6.45, 7) is 4.19. The second-order valence-electron chi connectivity index (χ2n) is 7.43. The number of halogens is 2. The summed E-state index contributed by atoms with van der Waals surface area (Å²) in [6.07, 6.45) is 0. The number of anilines is 1. The zero-order valence-corrected chi connectivity index (χ0v) is 21.3. The monoisotopic (exact) mass is 522 g/mol. The van der Waals surface area contributed by atoms with E-state index in [4.69, 9.17) is 23.2 Å². The molecule has 0 radical (unpaired) electrons. The number of amides is 1. The maximum atomic E-state index is 13.0. The van der Waals surface area contributed by atoms with Gasteiger partial charge in [-0.15, -0.1) is 0 Å². The second-order valence-corrected chi connectivity index (χ2v) is 11.0. The van der Waals surface area contributed by atoms with E-state index in [2.05, 4.69) is 10.0 Å². The van der Waals surface area contributed by atoms with Crippen molar-refractivity contribution < 1.29 is 13.2 Å². The molecule has 0 unspecified atom stereocenters. The number of rotatable bonds is 9. The third-order valence-electron chi connectivity index (χ3n) is 5.05. The quantitative estimate of drug-likeness (QED) is 0.334. The zero-order chi connectivity index (χ0) is 24.0. The van der Waals surface area contributed by atoms with Gasteiger partial charge in [0.2, 0.25) is 0 Å². The molecule has 3 aromatic carbocycles. The molecule has 33 heavy (non-hydrogen) atoms. The van der Waals surface area contributed by atoms with Crippen LogP contribution in [0.2, 0.25) is 10.0 Å². The highest BCUT2D eigenvalue weighted by Gasteiger charge is 2.21. The average molecular weight is 524 g/mol. The number of thioether (sulfide) groups is 1. The molecule has 5 nitrogen and oxygen atoms in total. The molecular weight excluding hydrogens is 499 g/mol. The van der Waals surface area contributed by atoms with Gasteiger partial charge < -0.3 is 5.32 Å². The molecule has 1 amide bonds. The smallest absolute Gasteiger partial charge is 0.263 e. The number of nitrogens with one attached hydrogen (secondary N) is 2. The van der Waals surface area contributed by atoms with Gasteiger partial charge >= 0.3 is 0 Å². The summed E-state index contributed by atoms with van der Waals surface area (Å²) in [6, 6.07) is 17.2. The first-order valence-electron chi connectivity index (χ1n) is 10.2. The minimum Gasteiger partial charge on any atom is -0.351 e. The summed E-state index contributed by atoms with van der Waals surface area (Å²) < 4.78 is 28.5. The van der Waals surface area contributed by atoms with Crippen molar-refractivity contribution in [2.75, 3.05) is 17.0 Å². The second kappa shape index (κ2) is 11.3. The van der Waals surface area contributed by atoms with E-state index in [1.54, 1.807) is 23.9 Å². The first-order valence-corrected chi connectivity index (χ1v) is 13.6. The van der Waals surface area contributed by atoms with E-state index in [9.17, 15) is 13.2 Å². The Labute approximate surface area is 208 Å². The number of carbonyl (C=O) groups excluding carboxylic acids is 1. The van der Waals surface area contributed by atoms with Crippen molar-refractivity contribution in [2.45, 2.75) is 24.5 Å². The van der Waals surface area contributed by atoms with Crippen LogP contribution in [0.3, 0.4) is 0 Å². The van der Waals surface area contributed by atoms with E-state index in [-0.39, 0.29) is 21.4 Å². The van der Waals surface area contributed by atoms with Crippen LogP contribution >= 0.6 is 35.0 Å². The van der Waals surface area contributed by atoms with Crippen LogP contribution in [0.5, 0.6) is 0 Å². The highest BCUT2D eigenvalue weighted by Crippen LogP contribution is 2.27. The minimum absolute atomic E-state index is 0.0443. The van der Waals surface area contributed by atoms with Gasteiger partial charge in [-0.2, -0.15) is 11.8 Å². The fraction of sp³-hybridized carbons (Fsp3) is 0.208. The number of benzene rings is 3. The fourth-order valence-corrected chi connectivity index (χ4v) is 5.62. The van der Waals surface area contributed by atoms with Crippen LogP contribution in [-0.2, 0) is 15.8 Å². The van der Waals surface area contributed by atoms with Crippen LogP contribution in [0.25, 0.3) is 0 Å². The Balaban J connectivity index is 1.62. The maximum absolute atomic E-state index is 13.0. The van der Waals surface area contributed by atoms with Crippen LogP contribution in [0.1, 0.15) is 27.0 Å². The van der Waals surface area contributed by atoms with Crippen molar-refractivity contribution in [3.63, 3.8) is 0 Å². The van der Waals surface area contributed by atoms with Crippen molar-refractivity contribution in [2.24, 2.45) is 0 Å². The first kappa shape index (κ1) is 25.4. The molecule has 0 aliphatic carbocycles. The lowest BCUT2D eigenvalue weighted by Crippen LogP contribution is -2.26. The zero-order valence-electron chi connectivity index (χ0n) is 18.2. The molecule has 0 spiro atoms. The van der Waals surface area contributed by atoms with Crippen LogP contribution in [0, 0.1) is 13.8 Å². The Morgan fingerprint density at radius 3 is 2.45 bits per heavy atom. The molecule has 0 aromatic heterocycles. The molecule has 3 aromatic rings. The van der Waals surface area contributed by atoms with Gasteiger partial charge in [0.25, 0.3) is 15.9 Å². The van der Waals surface area contributed by atoms with E-state index in [0.29, 0.717) is 23.0 Å². The van der Waals surface area contributed by atoms with Gasteiger partial charge in [0.15, 0.2) is 0 Å². The van der Waals surface area contributed by atoms with Crippen LogP contribution in [-0.4, -0.2) is 26.6 Å². The van der Waals surface area contributed by atoms with E-state index < -0.39 is 10.0 Å².